The molecule has 3 rings (SSSR count). The first-order valence-corrected chi connectivity index (χ1v) is 10.8. The third-order valence-electron chi connectivity index (χ3n) is 4.49. The van der Waals surface area contributed by atoms with E-state index in [1.165, 1.54) is 22.5 Å². The van der Waals surface area contributed by atoms with E-state index in [-0.39, 0.29) is 22.7 Å². The van der Waals surface area contributed by atoms with Crippen molar-refractivity contribution in [1.82, 2.24) is 4.98 Å². The van der Waals surface area contributed by atoms with Crippen molar-refractivity contribution in [2.75, 3.05) is 16.7 Å². The average molecular weight is 435 g/mol. The van der Waals surface area contributed by atoms with Crippen LogP contribution in [-0.2, 0) is 10.0 Å². The number of aromatic nitrogens is 1. The molecule has 0 aliphatic carbocycles. The van der Waals surface area contributed by atoms with E-state index < -0.39 is 27.0 Å². The summed E-state index contributed by atoms with van der Waals surface area (Å²) in [5.74, 6) is -1.10. The fourth-order valence-electron chi connectivity index (χ4n) is 2.95. The molecule has 7 nitrogen and oxygen atoms in total. The van der Waals surface area contributed by atoms with Crippen LogP contribution in [0.1, 0.15) is 22.3 Å². The van der Waals surface area contributed by atoms with E-state index >= 15 is 0 Å². The zero-order chi connectivity index (χ0) is 21.2. The predicted octanol–water partition coefficient (Wildman–Crippen LogP) is 3.36. The van der Waals surface area contributed by atoms with E-state index in [0.29, 0.717) is 17.6 Å². The quantitative estimate of drug-likeness (QED) is 0.554. The topological polar surface area (TPSA) is 108 Å². The minimum Gasteiger partial charge on any atom is -0.477 e. The van der Waals surface area contributed by atoms with E-state index in [1.54, 1.807) is 12.1 Å². The molecular weight excluding hydrogens is 416 g/mol. The zero-order valence-corrected chi connectivity index (χ0v) is 17.1. The highest BCUT2D eigenvalue weighted by atomic mass is 35.5. The molecule has 0 aliphatic heterocycles. The number of halogens is 1. The lowest BCUT2D eigenvalue weighted by molar-refractivity contribution is 0.0695. The monoisotopic (exact) mass is 434 g/mol. The zero-order valence-electron chi connectivity index (χ0n) is 15.6. The number of pyridine rings is 1. The number of H-pyrrole nitrogens is 1. The van der Waals surface area contributed by atoms with Gasteiger partial charge in [0, 0.05) is 29.5 Å². The Morgan fingerprint density at radius 2 is 1.86 bits per heavy atom. The first-order valence-electron chi connectivity index (χ1n) is 8.80. The van der Waals surface area contributed by atoms with Crippen LogP contribution in [0, 0.1) is 6.92 Å². The fraction of sp³-hybridized carbons (Fsp3) is 0.200. The van der Waals surface area contributed by atoms with Crippen LogP contribution in [0.15, 0.2) is 58.4 Å². The summed E-state index contributed by atoms with van der Waals surface area (Å²) in [6.07, 6.45) is 1.53. The molecule has 0 bridgehead atoms. The number of nitrogens with zero attached hydrogens (tertiary/aromatic N) is 1. The number of aromatic amines is 1. The fourth-order valence-corrected chi connectivity index (χ4v) is 4.60. The number of aromatic carboxylic acids is 1. The molecule has 29 heavy (non-hydrogen) atoms. The van der Waals surface area contributed by atoms with Crippen LogP contribution < -0.4 is 9.73 Å². The smallest absolute Gasteiger partial charge is 0.341 e. The number of carboxylic acids is 1. The molecule has 0 spiro atoms. The number of hydrogen-bond donors (Lipinski definition) is 2. The van der Waals surface area contributed by atoms with Gasteiger partial charge >= 0.3 is 5.97 Å². The van der Waals surface area contributed by atoms with Crippen LogP contribution in [0.2, 0.25) is 0 Å². The van der Waals surface area contributed by atoms with Gasteiger partial charge in [0.15, 0.2) is 0 Å². The number of benzene rings is 2. The summed E-state index contributed by atoms with van der Waals surface area (Å²) >= 11 is 5.78. The third kappa shape index (κ3) is 4.13. The summed E-state index contributed by atoms with van der Waals surface area (Å²) in [5, 5.41) is 9.14. The molecule has 0 aliphatic rings. The van der Waals surface area contributed by atoms with Crippen molar-refractivity contribution in [3.63, 3.8) is 0 Å². The van der Waals surface area contributed by atoms with Gasteiger partial charge in [0.05, 0.1) is 10.6 Å². The molecular formula is C20H19ClN2O5S. The summed E-state index contributed by atoms with van der Waals surface area (Å²) in [5.41, 5.74) is 0.619. The van der Waals surface area contributed by atoms with Crippen LogP contribution in [0.5, 0.6) is 0 Å². The lowest BCUT2D eigenvalue weighted by atomic mass is 10.1. The van der Waals surface area contributed by atoms with E-state index in [4.69, 9.17) is 16.7 Å². The standard InChI is InChI=1S/C20H19ClN2O5S/c1-13-3-5-14(6-4-13)23(10-2-9-21)29(27,28)15-7-8-18-16(11-15)19(24)17(12-22-18)20(25)26/h3-8,11-12H,2,9-10H2,1H3,(H,22,24)(H,25,26). The second kappa shape index (κ2) is 8.26. The van der Waals surface area contributed by atoms with Gasteiger partial charge in [-0.15, -0.1) is 11.6 Å². The molecule has 0 amide bonds. The molecule has 3 aromatic rings. The second-order valence-electron chi connectivity index (χ2n) is 6.50. The molecule has 2 aromatic carbocycles. The lowest BCUT2D eigenvalue weighted by Gasteiger charge is -2.24. The number of fused-ring (bicyclic) bond motifs is 1. The van der Waals surface area contributed by atoms with Crippen molar-refractivity contribution in [2.24, 2.45) is 0 Å². The van der Waals surface area contributed by atoms with E-state index in [0.717, 1.165) is 11.8 Å². The number of anilines is 1. The number of rotatable bonds is 7. The van der Waals surface area contributed by atoms with Crippen LogP contribution in [0.3, 0.4) is 0 Å². The maximum atomic E-state index is 13.4. The Morgan fingerprint density at radius 1 is 1.17 bits per heavy atom. The number of sulfonamides is 1. The van der Waals surface area contributed by atoms with Gasteiger partial charge in [0.2, 0.25) is 5.43 Å². The molecule has 0 fully saturated rings. The minimum absolute atomic E-state index is 0.00725. The Kier molecular flexibility index (Phi) is 5.95. The summed E-state index contributed by atoms with van der Waals surface area (Å²) in [6, 6.07) is 11.1. The second-order valence-corrected chi connectivity index (χ2v) is 8.74. The van der Waals surface area contributed by atoms with E-state index in [9.17, 15) is 18.0 Å². The highest BCUT2D eigenvalue weighted by Gasteiger charge is 2.25. The normalized spacial score (nSPS) is 11.5. The lowest BCUT2D eigenvalue weighted by Crippen LogP contribution is -2.32. The Morgan fingerprint density at radius 3 is 2.48 bits per heavy atom. The van der Waals surface area contributed by atoms with Crippen molar-refractivity contribution < 1.29 is 18.3 Å². The van der Waals surface area contributed by atoms with Crippen LogP contribution >= 0.6 is 11.6 Å². The van der Waals surface area contributed by atoms with Crippen molar-refractivity contribution in [3.8, 4) is 0 Å². The first-order chi connectivity index (χ1) is 13.8. The summed E-state index contributed by atoms with van der Waals surface area (Å²) in [4.78, 5) is 26.3. The SMILES string of the molecule is Cc1ccc(N(CCCCl)S(=O)(=O)c2ccc3[nH]cc(C(=O)O)c(=O)c3c2)cc1. The largest absolute Gasteiger partial charge is 0.477 e. The molecule has 1 heterocycles. The number of nitrogens with one attached hydrogen (secondary N) is 1. The van der Waals surface area contributed by atoms with Crippen LogP contribution in [-0.4, -0.2) is 36.9 Å². The molecule has 1 aromatic heterocycles. The van der Waals surface area contributed by atoms with Crippen molar-refractivity contribution in [2.45, 2.75) is 18.2 Å². The molecule has 152 valence electrons. The van der Waals surface area contributed by atoms with Crippen LogP contribution in [0.4, 0.5) is 5.69 Å². The highest BCUT2D eigenvalue weighted by Crippen LogP contribution is 2.26. The van der Waals surface area contributed by atoms with Gasteiger partial charge in [-0.3, -0.25) is 9.10 Å². The number of aryl methyl sites for hydroxylation is 1. The third-order valence-corrected chi connectivity index (χ3v) is 6.58. The Hall–Kier alpha value is -2.84. The molecule has 0 saturated carbocycles. The van der Waals surface area contributed by atoms with Gasteiger partial charge in [-0.25, -0.2) is 13.2 Å². The Labute approximate surface area is 172 Å². The van der Waals surface area contributed by atoms with Gasteiger partial charge in [0.1, 0.15) is 5.56 Å². The maximum Gasteiger partial charge on any atom is 0.341 e. The van der Waals surface area contributed by atoms with E-state index in [2.05, 4.69) is 4.98 Å². The van der Waals surface area contributed by atoms with E-state index in [1.807, 2.05) is 19.1 Å². The molecule has 2 N–H and O–H groups in total. The maximum absolute atomic E-state index is 13.4. The summed E-state index contributed by atoms with van der Waals surface area (Å²) in [7, 11) is -4.01. The van der Waals surface area contributed by atoms with Gasteiger partial charge in [-0.05, 0) is 43.7 Å². The summed E-state index contributed by atoms with van der Waals surface area (Å²) < 4.78 is 27.9. The van der Waals surface area contributed by atoms with Crippen LogP contribution in [0.25, 0.3) is 10.9 Å². The molecule has 0 unspecified atom stereocenters. The number of carboxylic acid groups (broad SMARTS) is 1. The van der Waals surface area contributed by atoms with Gasteiger partial charge < -0.3 is 10.1 Å². The van der Waals surface area contributed by atoms with Crippen molar-refractivity contribution >= 4 is 44.2 Å². The minimum atomic E-state index is -4.01. The highest BCUT2D eigenvalue weighted by molar-refractivity contribution is 7.92. The molecule has 0 radical (unpaired) electrons. The number of hydrogen-bond acceptors (Lipinski definition) is 4. The average Bonchev–Trinajstić information content (AvgIpc) is 2.69. The Bertz CT molecular complexity index is 1220. The summed E-state index contributed by atoms with van der Waals surface area (Å²) in [6.45, 7) is 2.06. The van der Waals surface area contributed by atoms with Gasteiger partial charge in [-0.1, -0.05) is 17.7 Å². The van der Waals surface area contributed by atoms with Crippen molar-refractivity contribution in [3.05, 3.63) is 70.0 Å². The number of carbonyl (C=O) groups is 1. The van der Waals surface area contributed by atoms with Gasteiger partial charge in [-0.2, -0.15) is 0 Å². The first kappa shape index (κ1) is 20.9. The molecule has 0 saturated heterocycles. The predicted molar refractivity (Wildman–Crippen MR) is 113 cm³/mol. The molecule has 9 heteroatoms. The molecule has 0 atom stereocenters. The van der Waals surface area contributed by atoms with Crippen molar-refractivity contribution in [1.29, 1.82) is 0 Å². The Balaban J connectivity index is 2.15. The number of alkyl halides is 1. The van der Waals surface area contributed by atoms with Gasteiger partial charge in [0.25, 0.3) is 10.0 Å².